The van der Waals surface area contributed by atoms with Gasteiger partial charge in [0.25, 0.3) is 0 Å². The molecule has 0 aliphatic heterocycles. The molecule has 14 aromatic rings. The van der Waals surface area contributed by atoms with Gasteiger partial charge in [-0.25, -0.2) is 15.0 Å². The molecule has 0 amide bonds. The van der Waals surface area contributed by atoms with E-state index in [1.165, 1.54) is 90.4 Å². The fraction of sp³-hybridized carbons (Fsp3) is 0. The molecule has 3 nitrogen and oxygen atoms in total. The molecule has 2 heterocycles. The van der Waals surface area contributed by atoms with Gasteiger partial charge in [0.1, 0.15) is 0 Å². The minimum Gasteiger partial charge on any atom is -0.208 e. The zero-order valence-corrected chi connectivity index (χ0v) is 35.8. The van der Waals surface area contributed by atoms with Gasteiger partial charge in [-0.15, -0.1) is 11.3 Å². The average molecular weight is 842 g/mol. The highest BCUT2D eigenvalue weighted by molar-refractivity contribution is 7.25. The van der Waals surface area contributed by atoms with Gasteiger partial charge in [0.15, 0.2) is 17.5 Å². The van der Waals surface area contributed by atoms with Crippen molar-refractivity contribution in [1.29, 1.82) is 0 Å². The lowest BCUT2D eigenvalue weighted by molar-refractivity contribution is 1.07. The van der Waals surface area contributed by atoms with E-state index < -0.39 is 0 Å². The number of hydrogen-bond donors (Lipinski definition) is 0. The lowest BCUT2D eigenvalue weighted by atomic mass is 9.86. The standard InChI is InChI=1S/C61H35N3S/c1-2-12-39(13-3-1)59-62-60(43-30-31-54-51(34-43)46-20-6-7-25-53(46)65-54)64-61(63-59)50-21-5-4-19-45(50)41-18-8-17-40(32-41)44-33-42-29-28-38-15-10-23-48-47-22-9-14-36-26-27-37-16-11-24-49(57(37)55(36)47)52(35-44)58(42)56(38)48/h1-35H. The predicted molar refractivity (Wildman–Crippen MR) is 276 cm³/mol. The topological polar surface area (TPSA) is 38.7 Å². The Hall–Kier alpha value is -8.31. The Labute approximate surface area is 377 Å². The van der Waals surface area contributed by atoms with Gasteiger partial charge in [-0.1, -0.05) is 170 Å². The van der Waals surface area contributed by atoms with Gasteiger partial charge in [-0.05, 0) is 129 Å². The maximum absolute atomic E-state index is 5.27. The van der Waals surface area contributed by atoms with E-state index in [4.69, 9.17) is 15.0 Å². The van der Waals surface area contributed by atoms with Gasteiger partial charge in [0.2, 0.25) is 0 Å². The van der Waals surface area contributed by atoms with Gasteiger partial charge < -0.3 is 0 Å². The van der Waals surface area contributed by atoms with Crippen molar-refractivity contribution in [3.8, 4) is 56.4 Å². The monoisotopic (exact) mass is 841 g/mol. The molecule has 0 unspecified atom stereocenters. The Bertz CT molecular complexity index is 4240. The third-order valence-electron chi connectivity index (χ3n) is 13.4. The molecule has 0 aliphatic carbocycles. The van der Waals surface area contributed by atoms with Crippen LogP contribution in [-0.4, -0.2) is 15.0 Å². The van der Waals surface area contributed by atoms with Crippen molar-refractivity contribution in [3.05, 3.63) is 212 Å². The first kappa shape index (κ1) is 36.2. The van der Waals surface area contributed by atoms with Crippen LogP contribution in [0.2, 0.25) is 0 Å². The van der Waals surface area contributed by atoms with Crippen LogP contribution in [0, 0.1) is 0 Å². The highest BCUT2D eigenvalue weighted by atomic mass is 32.1. The van der Waals surface area contributed by atoms with Crippen molar-refractivity contribution < 1.29 is 0 Å². The van der Waals surface area contributed by atoms with Crippen molar-refractivity contribution in [1.82, 2.24) is 15.0 Å². The van der Waals surface area contributed by atoms with Crippen LogP contribution in [0.3, 0.4) is 0 Å². The molecule has 2 aromatic heterocycles. The van der Waals surface area contributed by atoms with Crippen molar-refractivity contribution in [2.24, 2.45) is 0 Å². The van der Waals surface area contributed by atoms with Gasteiger partial charge in [-0.2, -0.15) is 0 Å². The summed E-state index contributed by atoms with van der Waals surface area (Å²) in [5.41, 5.74) is 7.33. The molecule has 65 heavy (non-hydrogen) atoms. The molecular weight excluding hydrogens is 807 g/mol. The van der Waals surface area contributed by atoms with Crippen molar-refractivity contribution in [2.45, 2.75) is 0 Å². The molecule has 12 aromatic carbocycles. The van der Waals surface area contributed by atoms with Crippen LogP contribution in [0.5, 0.6) is 0 Å². The summed E-state index contributed by atoms with van der Waals surface area (Å²) in [6, 6.07) is 77.2. The molecule has 0 atom stereocenters. The third-order valence-corrected chi connectivity index (χ3v) is 14.6. The van der Waals surface area contributed by atoms with E-state index in [1.807, 2.05) is 29.5 Å². The average Bonchev–Trinajstić information content (AvgIpc) is 3.75. The number of thiophene rings is 1. The first-order valence-corrected chi connectivity index (χ1v) is 22.9. The highest BCUT2D eigenvalue weighted by Crippen LogP contribution is 2.45. The van der Waals surface area contributed by atoms with Crippen LogP contribution in [-0.2, 0) is 0 Å². The molecular formula is C61H35N3S. The summed E-state index contributed by atoms with van der Waals surface area (Å²) in [7, 11) is 0. The number of nitrogens with zero attached hydrogens (tertiary/aromatic N) is 3. The Morgan fingerprint density at radius 1 is 0.246 bits per heavy atom. The molecule has 300 valence electrons. The second-order valence-corrected chi connectivity index (χ2v) is 18.2. The van der Waals surface area contributed by atoms with Gasteiger partial charge >= 0.3 is 0 Å². The quantitative estimate of drug-likeness (QED) is 0.162. The molecule has 0 spiro atoms. The molecule has 0 saturated heterocycles. The molecule has 0 radical (unpaired) electrons. The van der Waals surface area contributed by atoms with Crippen molar-refractivity contribution in [2.75, 3.05) is 0 Å². The molecule has 0 saturated carbocycles. The minimum absolute atomic E-state index is 0.637. The third kappa shape index (κ3) is 5.64. The normalized spacial score (nSPS) is 12.0. The number of benzene rings is 11. The van der Waals surface area contributed by atoms with Crippen molar-refractivity contribution in [3.63, 3.8) is 0 Å². The lowest BCUT2D eigenvalue weighted by Gasteiger charge is -2.17. The Morgan fingerprint density at radius 2 is 0.754 bits per heavy atom. The van der Waals surface area contributed by atoms with E-state index in [-0.39, 0.29) is 0 Å². The van der Waals surface area contributed by atoms with E-state index in [0.717, 1.165) is 33.4 Å². The number of fused-ring (bicyclic) bond motifs is 5. The maximum Gasteiger partial charge on any atom is 0.164 e. The van der Waals surface area contributed by atoms with E-state index >= 15 is 0 Å². The SMILES string of the molecule is c1ccc(-c2nc(-c3ccc4sc5ccccc5c4c3)nc(-c3ccccc3-c3cccc(-c4cc5ccc6cccc7c8cccc9ccc%10cccc(c(c4)c5c67)c%10c98)c3)n2)cc1. The fourth-order valence-corrected chi connectivity index (χ4v) is 11.5. The van der Waals surface area contributed by atoms with E-state index in [0.29, 0.717) is 17.5 Å². The van der Waals surface area contributed by atoms with Gasteiger partial charge in [0, 0.05) is 36.9 Å². The van der Waals surface area contributed by atoms with Gasteiger partial charge in [0.05, 0.1) is 0 Å². The summed E-state index contributed by atoms with van der Waals surface area (Å²) in [5.74, 6) is 1.93. The second-order valence-electron chi connectivity index (χ2n) is 17.1. The summed E-state index contributed by atoms with van der Waals surface area (Å²) in [4.78, 5) is 15.6. The van der Waals surface area contributed by atoms with E-state index in [2.05, 4.69) is 194 Å². The number of aromatic nitrogens is 3. The first-order chi connectivity index (χ1) is 32.2. The summed E-state index contributed by atoms with van der Waals surface area (Å²) in [6.07, 6.45) is 0. The lowest BCUT2D eigenvalue weighted by Crippen LogP contribution is -2.01. The predicted octanol–water partition coefficient (Wildman–Crippen LogP) is 16.9. The molecule has 0 N–H and O–H groups in total. The van der Waals surface area contributed by atoms with Crippen LogP contribution >= 0.6 is 11.3 Å². The van der Waals surface area contributed by atoms with E-state index in [9.17, 15) is 0 Å². The van der Waals surface area contributed by atoms with Crippen LogP contribution < -0.4 is 0 Å². The van der Waals surface area contributed by atoms with Gasteiger partial charge in [-0.3, -0.25) is 0 Å². The largest absolute Gasteiger partial charge is 0.208 e. The minimum atomic E-state index is 0.637. The number of rotatable bonds is 5. The molecule has 0 bridgehead atoms. The van der Waals surface area contributed by atoms with Crippen molar-refractivity contribution >= 4 is 96.1 Å². The summed E-state index contributed by atoms with van der Waals surface area (Å²) in [6.45, 7) is 0. The maximum atomic E-state index is 5.27. The van der Waals surface area contributed by atoms with Crippen LogP contribution in [0.1, 0.15) is 0 Å². The number of hydrogen-bond acceptors (Lipinski definition) is 4. The summed E-state index contributed by atoms with van der Waals surface area (Å²) < 4.78 is 2.52. The molecule has 0 aliphatic rings. The van der Waals surface area contributed by atoms with Crippen LogP contribution in [0.4, 0.5) is 0 Å². The zero-order valence-electron chi connectivity index (χ0n) is 35.0. The molecule has 4 heteroatoms. The van der Waals surface area contributed by atoms with E-state index in [1.54, 1.807) is 0 Å². The summed E-state index contributed by atoms with van der Waals surface area (Å²) in [5, 5.41) is 17.8. The fourth-order valence-electron chi connectivity index (χ4n) is 10.5. The molecule has 14 rings (SSSR count). The Kier molecular flexibility index (Phi) is 7.85. The van der Waals surface area contributed by atoms with Crippen LogP contribution in [0.15, 0.2) is 212 Å². The Balaban J connectivity index is 0.968. The first-order valence-electron chi connectivity index (χ1n) is 22.1. The highest BCUT2D eigenvalue weighted by Gasteiger charge is 2.19. The summed E-state index contributed by atoms with van der Waals surface area (Å²) >= 11 is 1.81. The second kappa shape index (κ2) is 14.1. The smallest absolute Gasteiger partial charge is 0.164 e. The Morgan fingerprint density at radius 3 is 1.49 bits per heavy atom. The molecule has 0 fully saturated rings. The zero-order chi connectivity index (χ0) is 42.6. The van der Waals surface area contributed by atoms with Crippen LogP contribution in [0.25, 0.3) is 141 Å².